The molecule has 1 fully saturated rings. The summed E-state index contributed by atoms with van der Waals surface area (Å²) in [6, 6.07) is 12.9. The molecule has 1 aliphatic heterocycles. The minimum Gasteiger partial charge on any atom is -0.306 e. The van der Waals surface area contributed by atoms with E-state index >= 15 is 0 Å². The number of rotatable bonds is 6. The summed E-state index contributed by atoms with van der Waals surface area (Å²) in [5.41, 5.74) is 1.01. The number of hydrogen-bond donors (Lipinski definition) is 2. The van der Waals surface area contributed by atoms with Gasteiger partial charge in [0, 0.05) is 24.7 Å². The van der Waals surface area contributed by atoms with Crippen molar-refractivity contribution in [3.05, 3.63) is 88.2 Å². The third kappa shape index (κ3) is 4.56. The first kappa shape index (κ1) is 25.6. The van der Waals surface area contributed by atoms with Crippen molar-refractivity contribution in [3.63, 3.8) is 0 Å². The third-order valence-corrected chi connectivity index (χ3v) is 8.50. The monoisotopic (exact) mass is 562 g/mol. The summed E-state index contributed by atoms with van der Waals surface area (Å²) in [7, 11) is -3.60. The Kier molecular flexibility index (Phi) is 6.27. The Labute approximate surface area is 227 Å². The molecule has 1 aliphatic rings. The van der Waals surface area contributed by atoms with Gasteiger partial charge >= 0.3 is 0 Å². The zero-order valence-electron chi connectivity index (χ0n) is 21.2. The molecule has 0 spiro atoms. The Balaban J connectivity index is 1.31. The van der Waals surface area contributed by atoms with Crippen LogP contribution in [0.15, 0.2) is 70.5 Å². The topological polar surface area (TPSA) is 148 Å². The fourth-order valence-electron chi connectivity index (χ4n) is 4.57. The van der Waals surface area contributed by atoms with E-state index in [1.165, 1.54) is 68.4 Å². The van der Waals surface area contributed by atoms with Crippen molar-refractivity contribution in [3.8, 4) is 11.6 Å². The van der Waals surface area contributed by atoms with Crippen molar-refractivity contribution >= 4 is 32.8 Å². The number of aromatic nitrogens is 6. The Hall–Kier alpha value is -4.69. The second kappa shape index (κ2) is 9.81. The smallest absolute Gasteiger partial charge is 0.263 e. The van der Waals surface area contributed by atoms with Crippen molar-refractivity contribution in [1.82, 2.24) is 33.8 Å². The van der Waals surface area contributed by atoms with Crippen LogP contribution in [0, 0.1) is 12.7 Å². The van der Waals surface area contributed by atoms with Gasteiger partial charge in [0.2, 0.25) is 16.0 Å². The number of hydrogen-bond acceptors (Lipinski definition) is 7. The van der Waals surface area contributed by atoms with Crippen molar-refractivity contribution in [2.24, 2.45) is 0 Å². The van der Waals surface area contributed by atoms with E-state index in [-0.39, 0.29) is 33.3 Å². The lowest BCUT2D eigenvalue weighted by atomic mass is 10.2. The number of amides is 1. The SMILES string of the molecule is Cc1cc(NC(=O)c2ccc(S(=O)(=O)N3CCCC3)cc2)n(-c2nc3c(cnn3-c3ccc(F)cc3)c(=O)[nH]2)n1. The first-order valence-corrected chi connectivity index (χ1v) is 13.9. The van der Waals surface area contributed by atoms with E-state index in [0.29, 0.717) is 24.5 Å². The average Bonchev–Trinajstić information content (AvgIpc) is 3.70. The van der Waals surface area contributed by atoms with E-state index in [4.69, 9.17) is 0 Å². The summed E-state index contributed by atoms with van der Waals surface area (Å²) in [5, 5.41) is 11.6. The van der Waals surface area contributed by atoms with Crippen LogP contribution in [0.1, 0.15) is 28.9 Å². The maximum atomic E-state index is 13.4. The molecule has 40 heavy (non-hydrogen) atoms. The normalized spacial score (nSPS) is 14.2. The molecule has 3 aromatic heterocycles. The molecule has 1 saturated heterocycles. The molecule has 12 nitrogen and oxygen atoms in total. The van der Waals surface area contributed by atoms with Gasteiger partial charge in [0.25, 0.3) is 11.5 Å². The molecular formula is C26H23FN8O4S. The van der Waals surface area contributed by atoms with E-state index in [1.54, 1.807) is 13.0 Å². The molecule has 0 saturated carbocycles. The molecule has 5 aromatic rings. The third-order valence-electron chi connectivity index (χ3n) is 6.59. The number of halogens is 1. The Bertz CT molecular complexity index is 1910. The van der Waals surface area contributed by atoms with Gasteiger partial charge in [-0.15, -0.1) is 0 Å². The largest absolute Gasteiger partial charge is 0.306 e. The van der Waals surface area contributed by atoms with Crippen LogP contribution >= 0.6 is 0 Å². The summed E-state index contributed by atoms with van der Waals surface area (Å²) < 4.78 is 43.1. The molecular weight excluding hydrogens is 539 g/mol. The predicted octanol–water partition coefficient (Wildman–Crippen LogP) is 2.78. The number of sulfonamides is 1. The number of nitrogens with one attached hydrogen (secondary N) is 2. The van der Waals surface area contributed by atoms with Gasteiger partial charge in [0.05, 0.1) is 22.5 Å². The van der Waals surface area contributed by atoms with Gasteiger partial charge in [-0.25, -0.2) is 17.5 Å². The van der Waals surface area contributed by atoms with Crippen molar-refractivity contribution in [2.75, 3.05) is 18.4 Å². The van der Waals surface area contributed by atoms with Gasteiger partial charge in [-0.1, -0.05) is 0 Å². The summed E-state index contributed by atoms with van der Waals surface area (Å²) in [4.78, 5) is 33.2. The molecule has 204 valence electrons. The highest BCUT2D eigenvalue weighted by atomic mass is 32.2. The molecule has 0 aliphatic carbocycles. The lowest BCUT2D eigenvalue weighted by Crippen LogP contribution is -2.27. The van der Waals surface area contributed by atoms with Gasteiger partial charge in [0.1, 0.15) is 17.0 Å². The maximum absolute atomic E-state index is 13.4. The van der Waals surface area contributed by atoms with Crippen LogP contribution < -0.4 is 10.9 Å². The quantitative estimate of drug-likeness (QED) is 0.323. The van der Waals surface area contributed by atoms with Gasteiger partial charge in [0.15, 0.2) is 5.65 Å². The van der Waals surface area contributed by atoms with E-state index in [1.807, 2.05) is 0 Å². The summed E-state index contributed by atoms with van der Waals surface area (Å²) in [6.45, 7) is 2.69. The molecule has 6 rings (SSSR count). The maximum Gasteiger partial charge on any atom is 0.263 e. The molecule has 0 atom stereocenters. The number of fused-ring (bicyclic) bond motifs is 1. The first-order chi connectivity index (χ1) is 19.2. The zero-order valence-corrected chi connectivity index (χ0v) is 22.0. The molecule has 4 heterocycles. The fraction of sp³-hybridized carbons (Fsp3) is 0.192. The minimum atomic E-state index is -3.60. The number of aromatic amines is 1. The highest BCUT2D eigenvalue weighted by Crippen LogP contribution is 2.22. The minimum absolute atomic E-state index is 0.0248. The highest BCUT2D eigenvalue weighted by molar-refractivity contribution is 7.89. The first-order valence-electron chi connectivity index (χ1n) is 12.4. The Morgan fingerprint density at radius 1 is 1.02 bits per heavy atom. The van der Waals surface area contributed by atoms with Crippen LogP contribution in [-0.4, -0.2) is 61.2 Å². The molecule has 0 unspecified atom stereocenters. The van der Waals surface area contributed by atoms with Crippen LogP contribution in [0.2, 0.25) is 0 Å². The van der Waals surface area contributed by atoms with E-state index in [9.17, 15) is 22.4 Å². The zero-order chi connectivity index (χ0) is 28.0. The number of carbonyl (C=O) groups is 1. The molecule has 0 radical (unpaired) electrons. The van der Waals surface area contributed by atoms with Gasteiger partial charge in [-0.05, 0) is 68.3 Å². The number of carbonyl (C=O) groups excluding carboxylic acids is 1. The molecule has 0 bridgehead atoms. The second-order valence-corrected chi connectivity index (χ2v) is 11.3. The number of aryl methyl sites for hydroxylation is 1. The van der Waals surface area contributed by atoms with Crippen LogP contribution in [0.25, 0.3) is 22.7 Å². The summed E-state index contributed by atoms with van der Waals surface area (Å²) in [6.07, 6.45) is 3.02. The van der Waals surface area contributed by atoms with E-state index < -0.39 is 27.3 Å². The van der Waals surface area contributed by atoms with Gasteiger partial charge < -0.3 is 5.32 Å². The molecule has 2 aromatic carbocycles. The van der Waals surface area contributed by atoms with E-state index in [2.05, 4.69) is 25.5 Å². The van der Waals surface area contributed by atoms with Crippen LogP contribution in [0.3, 0.4) is 0 Å². The highest BCUT2D eigenvalue weighted by Gasteiger charge is 2.27. The van der Waals surface area contributed by atoms with Crippen molar-refractivity contribution < 1.29 is 17.6 Å². The number of nitrogens with zero attached hydrogens (tertiary/aromatic N) is 6. The van der Waals surface area contributed by atoms with Crippen molar-refractivity contribution in [1.29, 1.82) is 0 Å². The molecule has 2 N–H and O–H groups in total. The summed E-state index contributed by atoms with van der Waals surface area (Å²) >= 11 is 0. The van der Waals surface area contributed by atoms with Gasteiger partial charge in [-0.3, -0.25) is 14.6 Å². The van der Waals surface area contributed by atoms with Crippen LogP contribution in [0.5, 0.6) is 0 Å². The van der Waals surface area contributed by atoms with Gasteiger partial charge in [-0.2, -0.15) is 24.2 Å². The average molecular weight is 563 g/mol. The lowest BCUT2D eigenvalue weighted by molar-refractivity contribution is 0.102. The number of benzene rings is 2. The van der Waals surface area contributed by atoms with Crippen molar-refractivity contribution in [2.45, 2.75) is 24.7 Å². The number of H-pyrrole nitrogens is 1. The lowest BCUT2D eigenvalue weighted by Gasteiger charge is -2.15. The fourth-order valence-corrected chi connectivity index (χ4v) is 6.09. The molecule has 14 heteroatoms. The van der Waals surface area contributed by atoms with Crippen LogP contribution in [0.4, 0.5) is 10.2 Å². The predicted molar refractivity (Wildman–Crippen MR) is 144 cm³/mol. The summed E-state index contributed by atoms with van der Waals surface area (Å²) in [5.74, 6) is -0.670. The standard InChI is InChI=1S/C26H23FN8O4S/c1-16-14-22(29-24(36)17-4-10-20(11-5-17)40(38,39)33-12-2-3-13-33)35(32-16)26-30-23-21(25(37)31-26)15-28-34(23)19-8-6-18(27)7-9-19/h4-11,14-15H,2-3,12-13H2,1H3,(H,29,36)(H,30,31,37). The Morgan fingerprint density at radius 3 is 2.42 bits per heavy atom. The number of anilines is 1. The molecule has 1 amide bonds. The van der Waals surface area contributed by atoms with E-state index in [0.717, 1.165) is 12.8 Å². The Morgan fingerprint density at radius 2 is 1.73 bits per heavy atom. The van der Waals surface area contributed by atoms with Crippen LogP contribution in [-0.2, 0) is 10.0 Å². The second-order valence-electron chi connectivity index (χ2n) is 9.33.